The zero-order chi connectivity index (χ0) is 18.0. The summed E-state index contributed by atoms with van der Waals surface area (Å²) in [5, 5.41) is 0. The first kappa shape index (κ1) is 18.7. The van der Waals surface area contributed by atoms with Crippen molar-refractivity contribution in [3.63, 3.8) is 0 Å². The maximum absolute atomic E-state index is 6.00. The highest BCUT2D eigenvalue weighted by Gasteiger charge is 2.16. The molecule has 3 rings (SSSR count). The summed E-state index contributed by atoms with van der Waals surface area (Å²) >= 11 is 0. The van der Waals surface area contributed by atoms with Gasteiger partial charge in [0, 0.05) is 39.3 Å². The molecule has 3 nitrogen and oxygen atoms in total. The molecule has 0 amide bonds. The van der Waals surface area contributed by atoms with Crippen LogP contribution < -0.4 is 4.74 Å². The van der Waals surface area contributed by atoms with Gasteiger partial charge in [-0.2, -0.15) is 0 Å². The van der Waals surface area contributed by atoms with Gasteiger partial charge in [-0.1, -0.05) is 54.6 Å². The summed E-state index contributed by atoms with van der Waals surface area (Å²) in [6.45, 7) is 11.4. The number of rotatable bonds is 9. The minimum atomic E-state index is 0.776. The Balaban J connectivity index is 1.34. The van der Waals surface area contributed by atoms with Gasteiger partial charge < -0.3 is 9.64 Å². The fourth-order valence-corrected chi connectivity index (χ4v) is 3.45. The molecule has 138 valence electrons. The standard InChI is InChI=1S/C23H30N2O/c1-2-9-22-12-6-7-13-23(22)26-19-8-14-24-15-17-25(18-16-24)20-21-10-4-3-5-11-21/h2-7,10-13H,1,8-9,14-20H2. The topological polar surface area (TPSA) is 15.7 Å². The van der Waals surface area contributed by atoms with Crippen LogP contribution in [0.3, 0.4) is 0 Å². The summed E-state index contributed by atoms with van der Waals surface area (Å²) in [6, 6.07) is 19.0. The van der Waals surface area contributed by atoms with E-state index < -0.39 is 0 Å². The number of benzene rings is 2. The van der Waals surface area contributed by atoms with E-state index in [0.29, 0.717) is 0 Å². The van der Waals surface area contributed by atoms with E-state index in [1.165, 1.54) is 11.1 Å². The van der Waals surface area contributed by atoms with Gasteiger partial charge in [-0.3, -0.25) is 4.90 Å². The second-order valence-corrected chi connectivity index (χ2v) is 6.91. The first-order chi connectivity index (χ1) is 12.8. The van der Waals surface area contributed by atoms with Gasteiger partial charge in [0.25, 0.3) is 0 Å². The van der Waals surface area contributed by atoms with Crippen LogP contribution in [-0.2, 0) is 13.0 Å². The highest BCUT2D eigenvalue weighted by atomic mass is 16.5. The number of hydrogen-bond acceptors (Lipinski definition) is 3. The van der Waals surface area contributed by atoms with Crippen molar-refractivity contribution in [2.75, 3.05) is 39.3 Å². The number of nitrogens with zero attached hydrogens (tertiary/aromatic N) is 2. The Bertz CT molecular complexity index is 663. The van der Waals surface area contributed by atoms with E-state index in [-0.39, 0.29) is 0 Å². The zero-order valence-electron chi connectivity index (χ0n) is 15.6. The van der Waals surface area contributed by atoms with Crippen molar-refractivity contribution < 1.29 is 4.74 Å². The number of allylic oxidation sites excluding steroid dienone is 1. The van der Waals surface area contributed by atoms with Crippen LogP contribution >= 0.6 is 0 Å². The molecule has 0 N–H and O–H groups in total. The third-order valence-corrected chi connectivity index (χ3v) is 4.93. The molecule has 0 aromatic heterocycles. The van der Waals surface area contributed by atoms with Gasteiger partial charge in [-0.05, 0) is 30.0 Å². The maximum atomic E-state index is 6.00. The van der Waals surface area contributed by atoms with E-state index in [1.807, 2.05) is 12.1 Å². The molecule has 0 unspecified atom stereocenters. The molecule has 2 aromatic rings. The number of ether oxygens (including phenoxy) is 1. The molecule has 1 fully saturated rings. The van der Waals surface area contributed by atoms with Crippen molar-refractivity contribution in [3.8, 4) is 5.75 Å². The van der Waals surface area contributed by atoms with E-state index in [2.05, 4.69) is 64.9 Å². The highest BCUT2D eigenvalue weighted by Crippen LogP contribution is 2.19. The van der Waals surface area contributed by atoms with E-state index in [1.54, 1.807) is 0 Å². The second-order valence-electron chi connectivity index (χ2n) is 6.91. The van der Waals surface area contributed by atoms with Crippen LogP contribution in [0.15, 0.2) is 67.3 Å². The van der Waals surface area contributed by atoms with Crippen molar-refractivity contribution in [1.29, 1.82) is 0 Å². The van der Waals surface area contributed by atoms with Crippen molar-refractivity contribution in [3.05, 3.63) is 78.4 Å². The van der Waals surface area contributed by atoms with Crippen LogP contribution in [0.4, 0.5) is 0 Å². The Morgan fingerprint density at radius 2 is 1.58 bits per heavy atom. The molecule has 1 saturated heterocycles. The van der Waals surface area contributed by atoms with Crippen molar-refractivity contribution in [2.45, 2.75) is 19.4 Å². The average molecular weight is 351 g/mol. The molecule has 3 heteroatoms. The molecule has 0 saturated carbocycles. The lowest BCUT2D eigenvalue weighted by atomic mass is 10.1. The van der Waals surface area contributed by atoms with Crippen LogP contribution in [0.25, 0.3) is 0 Å². The van der Waals surface area contributed by atoms with Gasteiger partial charge in [0.1, 0.15) is 5.75 Å². The minimum Gasteiger partial charge on any atom is -0.493 e. The van der Waals surface area contributed by atoms with Crippen molar-refractivity contribution >= 4 is 0 Å². The first-order valence-corrected chi connectivity index (χ1v) is 9.65. The average Bonchev–Trinajstić information content (AvgIpc) is 2.69. The van der Waals surface area contributed by atoms with Crippen LogP contribution in [0.5, 0.6) is 5.75 Å². The Hall–Kier alpha value is -2.10. The summed E-state index contributed by atoms with van der Waals surface area (Å²) < 4.78 is 6.00. The van der Waals surface area contributed by atoms with E-state index >= 15 is 0 Å². The number of piperazine rings is 1. The van der Waals surface area contributed by atoms with Crippen molar-refractivity contribution in [1.82, 2.24) is 9.80 Å². The molecular formula is C23H30N2O. The molecule has 0 radical (unpaired) electrons. The summed E-state index contributed by atoms with van der Waals surface area (Å²) in [5.74, 6) is 1.00. The van der Waals surface area contributed by atoms with Crippen molar-refractivity contribution in [2.24, 2.45) is 0 Å². The predicted molar refractivity (Wildman–Crippen MR) is 109 cm³/mol. The molecule has 1 heterocycles. The van der Waals surface area contributed by atoms with Crippen LogP contribution in [-0.4, -0.2) is 49.1 Å². The molecule has 0 spiro atoms. The Morgan fingerprint density at radius 3 is 2.35 bits per heavy atom. The largest absolute Gasteiger partial charge is 0.493 e. The number of para-hydroxylation sites is 1. The summed E-state index contributed by atoms with van der Waals surface area (Å²) in [4.78, 5) is 5.11. The van der Waals surface area contributed by atoms with Gasteiger partial charge in [0.2, 0.25) is 0 Å². The fourth-order valence-electron chi connectivity index (χ4n) is 3.45. The van der Waals surface area contributed by atoms with Gasteiger partial charge in [-0.15, -0.1) is 6.58 Å². The molecule has 1 aliphatic rings. The van der Waals surface area contributed by atoms with Gasteiger partial charge in [-0.25, -0.2) is 0 Å². The second kappa shape index (κ2) is 10.1. The van der Waals surface area contributed by atoms with Crippen LogP contribution in [0.1, 0.15) is 17.5 Å². The number of hydrogen-bond donors (Lipinski definition) is 0. The summed E-state index contributed by atoms with van der Waals surface area (Å²) in [7, 11) is 0. The normalized spacial score (nSPS) is 15.7. The predicted octanol–water partition coefficient (Wildman–Crippen LogP) is 4.00. The molecule has 26 heavy (non-hydrogen) atoms. The lowest BCUT2D eigenvalue weighted by Gasteiger charge is -2.34. The van der Waals surface area contributed by atoms with Gasteiger partial charge in [0.15, 0.2) is 0 Å². The van der Waals surface area contributed by atoms with Crippen LogP contribution in [0.2, 0.25) is 0 Å². The quantitative estimate of drug-likeness (QED) is 0.502. The van der Waals surface area contributed by atoms with E-state index in [4.69, 9.17) is 4.74 Å². The third kappa shape index (κ3) is 5.72. The maximum Gasteiger partial charge on any atom is 0.122 e. The molecule has 1 aliphatic heterocycles. The summed E-state index contributed by atoms with van der Waals surface area (Å²) in [6.07, 6.45) is 3.86. The summed E-state index contributed by atoms with van der Waals surface area (Å²) in [5.41, 5.74) is 2.63. The Kier molecular flexibility index (Phi) is 7.29. The lowest BCUT2D eigenvalue weighted by molar-refractivity contribution is 0.121. The molecule has 0 atom stereocenters. The smallest absolute Gasteiger partial charge is 0.122 e. The van der Waals surface area contributed by atoms with Gasteiger partial charge >= 0.3 is 0 Å². The van der Waals surface area contributed by atoms with Gasteiger partial charge in [0.05, 0.1) is 6.61 Å². The third-order valence-electron chi connectivity index (χ3n) is 4.93. The SMILES string of the molecule is C=CCc1ccccc1OCCCN1CCN(Cc2ccccc2)CC1. The molecular weight excluding hydrogens is 320 g/mol. The minimum absolute atomic E-state index is 0.776. The monoisotopic (exact) mass is 350 g/mol. The fraction of sp³-hybridized carbons (Fsp3) is 0.391. The van der Waals surface area contributed by atoms with Crippen LogP contribution in [0, 0.1) is 0 Å². The molecule has 2 aromatic carbocycles. The highest BCUT2D eigenvalue weighted by molar-refractivity contribution is 5.34. The Morgan fingerprint density at radius 1 is 0.885 bits per heavy atom. The Labute approximate surface area is 157 Å². The first-order valence-electron chi connectivity index (χ1n) is 9.65. The zero-order valence-corrected chi connectivity index (χ0v) is 15.6. The molecule has 0 bridgehead atoms. The van der Waals surface area contributed by atoms with E-state index in [9.17, 15) is 0 Å². The molecule has 0 aliphatic carbocycles. The van der Waals surface area contributed by atoms with E-state index in [0.717, 1.165) is 64.5 Å². The lowest BCUT2D eigenvalue weighted by Crippen LogP contribution is -2.46.